The predicted octanol–water partition coefficient (Wildman–Crippen LogP) is 5.22. The second-order valence-electron chi connectivity index (χ2n) is 4.68. The lowest BCUT2D eigenvalue weighted by Crippen LogP contribution is -2.13. The van der Waals surface area contributed by atoms with E-state index in [-0.39, 0.29) is 5.91 Å². The van der Waals surface area contributed by atoms with Crippen molar-refractivity contribution in [1.29, 1.82) is 0 Å². The predicted molar refractivity (Wildman–Crippen MR) is 101 cm³/mol. The van der Waals surface area contributed by atoms with Gasteiger partial charge in [-0.2, -0.15) is 0 Å². The number of halogens is 2. The summed E-state index contributed by atoms with van der Waals surface area (Å²) in [6.45, 7) is 1.75. The molecule has 1 aromatic carbocycles. The number of benzene rings is 1. The van der Waals surface area contributed by atoms with Crippen LogP contribution in [-0.2, 0) is 0 Å². The smallest absolute Gasteiger partial charge is 0.257 e. The molecular formula is C15H10Cl2N4OS2. The highest BCUT2D eigenvalue weighted by Gasteiger charge is 2.15. The van der Waals surface area contributed by atoms with E-state index in [1.54, 1.807) is 36.6 Å². The average molecular weight is 397 g/mol. The monoisotopic (exact) mass is 396 g/mol. The Hall–Kier alpha value is -1.80. The van der Waals surface area contributed by atoms with E-state index in [4.69, 9.17) is 23.2 Å². The maximum atomic E-state index is 12.4. The number of anilines is 1. The van der Waals surface area contributed by atoms with Gasteiger partial charge in [-0.05, 0) is 36.1 Å². The van der Waals surface area contributed by atoms with Crippen molar-refractivity contribution in [3.8, 4) is 0 Å². The summed E-state index contributed by atoms with van der Waals surface area (Å²) < 4.78 is 0. The molecule has 0 fully saturated rings. The van der Waals surface area contributed by atoms with Gasteiger partial charge in [0, 0.05) is 26.7 Å². The van der Waals surface area contributed by atoms with Gasteiger partial charge in [-0.25, -0.2) is 4.99 Å². The summed E-state index contributed by atoms with van der Waals surface area (Å²) >= 11 is 14.8. The molecule has 3 aromatic rings. The zero-order valence-corrected chi connectivity index (χ0v) is 15.4. The van der Waals surface area contributed by atoms with Crippen LogP contribution in [0.1, 0.15) is 20.8 Å². The standard InChI is InChI=1S/C15H10Cl2N4OS2/c1-8-11(5-9(16)6-12(8)17)13(22)19-15-21-20-14(24-15)18-7-10-3-2-4-23-10/h2-7H,1H3,(H,19,21,22)/b18-7+. The Balaban J connectivity index is 1.74. The molecule has 0 aliphatic heterocycles. The van der Waals surface area contributed by atoms with E-state index in [9.17, 15) is 4.79 Å². The van der Waals surface area contributed by atoms with Crippen molar-refractivity contribution in [3.63, 3.8) is 0 Å². The third-order valence-electron chi connectivity index (χ3n) is 3.03. The van der Waals surface area contributed by atoms with Crippen molar-refractivity contribution in [2.75, 3.05) is 5.32 Å². The quantitative estimate of drug-likeness (QED) is 0.614. The van der Waals surface area contributed by atoms with E-state index in [0.29, 0.717) is 31.4 Å². The van der Waals surface area contributed by atoms with Gasteiger partial charge in [0.2, 0.25) is 10.3 Å². The number of nitrogens with one attached hydrogen (secondary N) is 1. The summed E-state index contributed by atoms with van der Waals surface area (Å²) in [5.41, 5.74) is 1.05. The first-order chi connectivity index (χ1) is 11.5. The van der Waals surface area contributed by atoms with Gasteiger partial charge in [-0.1, -0.05) is 40.6 Å². The van der Waals surface area contributed by atoms with Gasteiger partial charge in [0.1, 0.15) is 0 Å². The maximum absolute atomic E-state index is 12.4. The lowest BCUT2D eigenvalue weighted by Gasteiger charge is -2.07. The van der Waals surface area contributed by atoms with Gasteiger partial charge in [0.05, 0.1) is 0 Å². The summed E-state index contributed by atoms with van der Waals surface area (Å²) in [4.78, 5) is 17.6. The van der Waals surface area contributed by atoms with E-state index in [1.165, 1.54) is 11.3 Å². The van der Waals surface area contributed by atoms with Gasteiger partial charge in [-0.15, -0.1) is 21.5 Å². The number of carbonyl (C=O) groups excluding carboxylic acids is 1. The SMILES string of the molecule is Cc1c(Cl)cc(Cl)cc1C(=O)Nc1nnc(/N=C/c2cccs2)s1. The number of hydrogen-bond acceptors (Lipinski definition) is 6. The van der Waals surface area contributed by atoms with Crippen LogP contribution in [0.5, 0.6) is 0 Å². The fourth-order valence-electron chi connectivity index (χ4n) is 1.85. The van der Waals surface area contributed by atoms with Gasteiger partial charge in [0.15, 0.2) is 0 Å². The number of thiophene rings is 1. The highest BCUT2D eigenvalue weighted by atomic mass is 35.5. The minimum atomic E-state index is -0.346. The molecule has 0 saturated carbocycles. The van der Waals surface area contributed by atoms with Crippen LogP contribution in [0.25, 0.3) is 0 Å². The van der Waals surface area contributed by atoms with Crippen LogP contribution < -0.4 is 5.32 Å². The molecule has 0 saturated heterocycles. The van der Waals surface area contributed by atoms with E-state index in [2.05, 4.69) is 20.5 Å². The van der Waals surface area contributed by atoms with Gasteiger partial charge in [0.25, 0.3) is 5.91 Å². The van der Waals surface area contributed by atoms with Crippen LogP contribution in [-0.4, -0.2) is 22.3 Å². The van der Waals surface area contributed by atoms with E-state index >= 15 is 0 Å². The summed E-state index contributed by atoms with van der Waals surface area (Å²) in [5, 5.41) is 14.1. The molecule has 9 heteroatoms. The summed E-state index contributed by atoms with van der Waals surface area (Å²) in [5.74, 6) is -0.346. The topological polar surface area (TPSA) is 67.2 Å². The Morgan fingerprint density at radius 2 is 2.17 bits per heavy atom. The molecule has 5 nitrogen and oxygen atoms in total. The van der Waals surface area contributed by atoms with Gasteiger partial charge < -0.3 is 0 Å². The van der Waals surface area contributed by atoms with Crippen molar-refractivity contribution in [1.82, 2.24) is 10.2 Å². The fraction of sp³-hybridized carbons (Fsp3) is 0.0667. The van der Waals surface area contributed by atoms with Crippen molar-refractivity contribution < 1.29 is 4.79 Å². The lowest BCUT2D eigenvalue weighted by molar-refractivity contribution is 0.102. The first kappa shape index (κ1) is 17.0. The van der Waals surface area contributed by atoms with E-state index < -0.39 is 0 Å². The van der Waals surface area contributed by atoms with E-state index in [1.807, 2.05) is 17.5 Å². The first-order valence-electron chi connectivity index (χ1n) is 6.71. The molecule has 2 aromatic heterocycles. The number of amides is 1. The third kappa shape index (κ3) is 3.99. The molecule has 0 spiro atoms. The average Bonchev–Trinajstić information content (AvgIpc) is 3.20. The molecular weight excluding hydrogens is 387 g/mol. The fourth-order valence-corrected chi connectivity index (χ4v) is 3.51. The second-order valence-corrected chi connectivity index (χ2v) is 7.46. The summed E-state index contributed by atoms with van der Waals surface area (Å²) in [6, 6.07) is 7.05. The molecule has 0 bridgehead atoms. The normalized spacial score (nSPS) is 11.1. The molecule has 24 heavy (non-hydrogen) atoms. The van der Waals surface area contributed by atoms with E-state index in [0.717, 1.165) is 4.88 Å². The Morgan fingerprint density at radius 3 is 2.92 bits per heavy atom. The second kappa shape index (κ2) is 7.40. The molecule has 0 unspecified atom stereocenters. The molecule has 1 N–H and O–H groups in total. The Morgan fingerprint density at radius 1 is 1.33 bits per heavy atom. The van der Waals surface area contributed by atoms with Gasteiger partial charge >= 0.3 is 0 Å². The maximum Gasteiger partial charge on any atom is 0.257 e. The van der Waals surface area contributed by atoms with Crippen molar-refractivity contribution in [2.45, 2.75) is 6.92 Å². The van der Waals surface area contributed by atoms with Gasteiger partial charge in [-0.3, -0.25) is 10.1 Å². The minimum absolute atomic E-state index is 0.346. The number of rotatable bonds is 4. The summed E-state index contributed by atoms with van der Waals surface area (Å²) in [7, 11) is 0. The van der Waals surface area contributed by atoms with Crippen LogP contribution in [0.2, 0.25) is 10.0 Å². The van der Waals surface area contributed by atoms with Crippen LogP contribution in [0.4, 0.5) is 10.3 Å². The molecule has 0 atom stereocenters. The molecule has 3 rings (SSSR count). The minimum Gasteiger partial charge on any atom is -0.296 e. The molecule has 2 heterocycles. The Labute approximate surface area is 156 Å². The molecule has 122 valence electrons. The number of aromatic nitrogens is 2. The highest BCUT2D eigenvalue weighted by molar-refractivity contribution is 7.19. The number of nitrogens with zero attached hydrogens (tertiary/aromatic N) is 3. The number of carbonyl (C=O) groups is 1. The van der Waals surface area contributed by atoms with Crippen molar-refractivity contribution in [2.24, 2.45) is 4.99 Å². The lowest BCUT2D eigenvalue weighted by atomic mass is 10.1. The third-order valence-corrected chi connectivity index (χ3v) is 5.20. The first-order valence-corrected chi connectivity index (χ1v) is 9.16. The molecule has 0 aliphatic rings. The Bertz CT molecular complexity index is 906. The highest BCUT2D eigenvalue weighted by Crippen LogP contribution is 2.27. The van der Waals surface area contributed by atoms with Crippen molar-refractivity contribution >= 4 is 68.3 Å². The molecule has 0 aliphatic carbocycles. The van der Waals surface area contributed by atoms with Crippen LogP contribution >= 0.6 is 45.9 Å². The number of aliphatic imine (C=N–C) groups is 1. The van der Waals surface area contributed by atoms with Crippen LogP contribution in [0.3, 0.4) is 0 Å². The number of hydrogen-bond donors (Lipinski definition) is 1. The molecule has 0 radical (unpaired) electrons. The molecule has 1 amide bonds. The largest absolute Gasteiger partial charge is 0.296 e. The van der Waals surface area contributed by atoms with Crippen LogP contribution in [0, 0.1) is 6.92 Å². The van der Waals surface area contributed by atoms with Crippen LogP contribution in [0.15, 0.2) is 34.6 Å². The Kier molecular flexibility index (Phi) is 5.25. The van der Waals surface area contributed by atoms with Crippen molar-refractivity contribution in [3.05, 3.63) is 55.7 Å². The zero-order chi connectivity index (χ0) is 17.1. The summed E-state index contributed by atoms with van der Waals surface area (Å²) in [6.07, 6.45) is 1.71. The zero-order valence-electron chi connectivity index (χ0n) is 12.3.